The lowest BCUT2D eigenvalue weighted by atomic mass is 10.0. The average Bonchev–Trinajstić information content (AvgIpc) is 3.83. The molecule has 5 aromatic carbocycles. The van der Waals surface area contributed by atoms with Gasteiger partial charge in [-0.25, -0.2) is 0 Å². The van der Waals surface area contributed by atoms with E-state index in [1.807, 2.05) is 111 Å². The summed E-state index contributed by atoms with van der Waals surface area (Å²) in [4.78, 5) is 0. The normalized spacial score (nSPS) is 11.7. The molecule has 6 nitrogen and oxygen atoms in total. The van der Waals surface area contributed by atoms with Crippen LogP contribution in [0, 0.1) is 0 Å². The summed E-state index contributed by atoms with van der Waals surface area (Å²) < 4.78 is 12.1. The number of benzene rings is 5. The van der Waals surface area contributed by atoms with Gasteiger partial charge in [0.05, 0.1) is 0 Å². The zero-order chi connectivity index (χ0) is 31.3. The Bertz CT molecular complexity index is 2120. The fraction of sp³-hybridized carbons (Fsp3) is 0.0500. The molecular weight excluding hydrogens is 568 g/mol. The largest absolute Gasteiger partial charge is 0.416 e. The van der Waals surface area contributed by atoms with Gasteiger partial charge in [-0.3, -0.25) is 0 Å². The van der Waals surface area contributed by atoms with E-state index in [0.29, 0.717) is 23.6 Å². The first kappa shape index (κ1) is 28.6. The highest BCUT2D eigenvalue weighted by atomic mass is 16.4. The predicted octanol–water partition coefficient (Wildman–Crippen LogP) is 10.4. The van der Waals surface area contributed by atoms with Gasteiger partial charge in [0.25, 0.3) is 0 Å². The van der Waals surface area contributed by atoms with Crippen molar-refractivity contribution in [2.75, 3.05) is 0 Å². The molecule has 0 aliphatic carbocycles. The molecule has 0 fully saturated rings. The van der Waals surface area contributed by atoms with Gasteiger partial charge in [-0.2, -0.15) is 0 Å². The summed E-state index contributed by atoms with van der Waals surface area (Å²) >= 11 is 0. The number of rotatable bonds is 8. The van der Waals surface area contributed by atoms with Crippen LogP contribution < -0.4 is 0 Å². The van der Waals surface area contributed by atoms with Crippen LogP contribution in [0.15, 0.2) is 154 Å². The van der Waals surface area contributed by atoms with E-state index in [2.05, 4.69) is 68.9 Å². The molecule has 7 rings (SSSR count). The molecule has 6 heteroatoms. The SMILES string of the molecule is CC=CC(=CC)c1ccc(-c2nnc(-c3ccc(-c4ccc(-c5nnc(-c6ccc(-c7ccccc7)cc6)o5)cc4)cc3)o2)cc1. The minimum atomic E-state index is 0.478. The van der Waals surface area contributed by atoms with Crippen molar-refractivity contribution in [2.45, 2.75) is 13.8 Å². The van der Waals surface area contributed by atoms with E-state index in [4.69, 9.17) is 8.83 Å². The summed E-state index contributed by atoms with van der Waals surface area (Å²) in [6.07, 6.45) is 6.22. The van der Waals surface area contributed by atoms with Gasteiger partial charge < -0.3 is 8.83 Å². The molecule has 0 saturated carbocycles. The average molecular weight is 599 g/mol. The molecule has 0 aliphatic rings. The van der Waals surface area contributed by atoms with E-state index in [0.717, 1.165) is 44.5 Å². The molecule has 0 amide bonds. The lowest BCUT2D eigenvalue weighted by Crippen LogP contribution is -1.82. The lowest BCUT2D eigenvalue weighted by molar-refractivity contribution is 0.584. The maximum atomic E-state index is 6.03. The number of hydrogen-bond donors (Lipinski definition) is 0. The van der Waals surface area contributed by atoms with E-state index in [9.17, 15) is 0 Å². The van der Waals surface area contributed by atoms with Gasteiger partial charge in [0.2, 0.25) is 23.6 Å². The van der Waals surface area contributed by atoms with Crippen LogP contribution in [0.5, 0.6) is 0 Å². The molecule has 222 valence electrons. The molecule has 0 N–H and O–H groups in total. The van der Waals surface area contributed by atoms with Gasteiger partial charge >= 0.3 is 0 Å². The highest BCUT2D eigenvalue weighted by Gasteiger charge is 2.13. The van der Waals surface area contributed by atoms with Gasteiger partial charge in [-0.15, -0.1) is 20.4 Å². The lowest BCUT2D eigenvalue weighted by Gasteiger charge is -2.04. The molecule has 0 aliphatic heterocycles. The molecular formula is C40H30N4O2. The van der Waals surface area contributed by atoms with Crippen LogP contribution in [-0.2, 0) is 0 Å². The van der Waals surface area contributed by atoms with Crippen molar-refractivity contribution in [3.05, 3.63) is 151 Å². The molecule has 46 heavy (non-hydrogen) atoms. The minimum Gasteiger partial charge on any atom is -0.416 e. The van der Waals surface area contributed by atoms with Crippen LogP contribution in [0.25, 0.3) is 73.6 Å². The Morgan fingerprint density at radius 1 is 0.413 bits per heavy atom. The highest BCUT2D eigenvalue weighted by Crippen LogP contribution is 2.31. The Labute approximate surface area is 267 Å². The fourth-order valence-corrected chi connectivity index (χ4v) is 5.30. The first-order valence-electron chi connectivity index (χ1n) is 15.1. The van der Waals surface area contributed by atoms with Gasteiger partial charge in [0.1, 0.15) is 0 Å². The Balaban J connectivity index is 1.02. The van der Waals surface area contributed by atoms with E-state index in [-0.39, 0.29) is 0 Å². The first-order valence-corrected chi connectivity index (χ1v) is 15.1. The molecule has 2 aromatic heterocycles. The zero-order valence-corrected chi connectivity index (χ0v) is 25.5. The number of hydrogen-bond acceptors (Lipinski definition) is 6. The zero-order valence-electron chi connectivity index (χ0n) is 25.5. The summed E-state index contributed by atoms with van der Waals surface area (Å²) in [5.41, 5.74) is 10.2. The summed E-state index contributed by atoms with van der Waals surface area (Å²) in [6.45, 7) is 4.05. The third-order valence-electron chi connectivity index (χ3n) is 7.81. The third-order valence-corrected chi connectivity index (χ3v) is 7.81. The van der Waals surface area contributed by atoms with Gasteiger partial charge in [0, 0.05) is 22.3 Å². The molecule has 0 unspecified atom stereocenters. The molecule has 0 spiro atoms. The number of nitrogens with zero attached hydrogens (tertiary/aromatic N) is 4. The van der Waals surface area contributed by atoms with Crippen LogP contribution in [0.3, 0.4) is 0 Å². The second kappa shape index (κ2) is 12.8. The molecule has 0 atom stereocenters. The second-order valence-electron chi connectivity index (χ2n) is 10.7. The van der Waals surface area contributed by atoms with Crippen molar-refractivity contribution in [3.63, 3.8) is 0 Å². The molecule has 0 radical (unpaired) electrons. The van der Waals surface area contributed by atoms with Crippen molar-refractivity contribution >= 4 is 5.57 Å². The summed E-state index contributed by atoms with van der Waals surface area (Å²) in [5, 5.41) is 17.2. The van der Waals surface area contributed by atoms with Crippen LogP contribution in [0.1, 0.15) is 19.4 Å². The van der Waals surface area contributed by atoms with Gasteiger partial charge in [-0.05, 0) is 95.8 Å². The van der Waals surface area contributed by atoms with E-state index >= 15 is 0 Å². The number of allylic oxidation sites excluding steroid dienone is 4. The van der Waals surface area contributed by atoms with E-state index in [1.54, 1.807) is 0 Å². The van der Waals surface area contributed by atoms with Crippen LogP contribution in [-0.4, -0.2) is 20.4 Å². The topological polar surface area (TPSA) is 77.8 Å². The molecule has 0 bridgehead atoms. The van der Waals surface area contributed by atoms with Crippen molar-refractivity contribution in [3.8, 4) is 68.1 Å². The smallest absolute Gasteiger partial charge is 0.248 e. The van der Waals surface area contributed by atoms with E-state index in [1.165, 1.54) is 11.1 Å². The fourth-order valence-electron chi connectivity index (χ4n) is 5.30. The Morgan fingerprint density at radius 3 is 1.09 bits per heavy atom. The quantitative estimate of drug-likeness (QED) is 0.162. The third kappa shape index (κ3) is 5.97. The maximum absolute atomic E-state index is 6.03. The Hall–Kier alpha value is -6.14. The van der Waals surface area contributed by atoms with Crippen LogP contribution in [0.4, 0.5) is 0 Å². The highest BCUT2D eigenvalue weighted by molar-refractivity contribution is 5.75. The standard InChI is InChI=1S/C40H30N4O2/c1-3-8-27(4-2)29-11-19-33(20-12-29)37-41-43-39(45-37)35-23-15-31(16-24-35)32-17-25-36(26-18-32)40-44-42-38(46-40)34-21-13-30(14-22-34)28-9-6-5-7-10-28/h3-26H,1-2H3. The van der Waals surface area contributed by atoms with E-state index < -0.39 is 0 Å². The monoisotopic (exact) mass is 598 g/mol. The van der Waals surface area contributed by atoms with Crippen LogP contribution >= 0.6 is 0 Å². The Kier molecular flexibility index (Phi) is 7.99. The van der Waals surface area contributed by atoms with Gasteiger partial charge in [0.15, 0.2) is 0 Å². The van der Waals surface area contributed by atoms with Crippen LogP contribution in [0.2, 0.25) is 0 Å². The maximum Gasteiger partial charge on any atom is 0.248 e. The summed E-state index contributed by atoms with van der Waals surface area (Å²) in [7, 11) is 0. The molecule has 0 saturated heterocycles. The summed E-state index contributed by atoms with van der Waals surface area (Å²) in [6, 6.07) is 42.7. The first-order chi connectivity index (χ1) is 22.7. The minimum absolute atomic E-state index is 0.478. The molecule has 2 heterocycles. The van der Waals surface area contributed by atoms with Crippen molar-refractivity contribution in [1.82, 2.24) is 20.4 Å². The van der Waals surface area contributed by atoms with Crippen molar-refractivity contribution < 1.29 is 8.83 Å². The number of aromatic nitrogens is 4. The predicted molar refractivity (Wildman–Crippen MR) is 183 cm³/mol. The summed E-state index contributed by atoms with van der Waals surface area (Å²) in [5.74, 6) is 1.93. The second-order valence-corrected chi connectivity index (χ2v) is 10.7. The molecule has 7 aromatic rings. The van der Waals surface area contributed by atoms with Crippen molar-refractivity contribution in [1.29, 1.82) is 0 Å². The van der Waals surface area contributed by atoms with Crippen molar-refractivity contribution in [2.24, 2.45) is 0 Å². The van der Waals surface area contributed by atoms with Gasteiger partial charge in [-0.1, -0.05) is 97.1 Å². The Morgan fingerprint density at radius 2 is 0.739 bits per heavy atom.